The van der Waals surface area contributed by atoms with E-state index in [9.17, 15) is 0 Å². The van der Waals surface area contributed by atoms with Crippen LogP contribution in [0.2, 0.25) is 0 Å². The number of nitrogens with two attached hydrogens (primary N) is 1. The van der Waals surface area contributed by atoms with Gasteiger partial charge in [-0.2, -0.15) is 0 Å². The molecule has 0 fully saturated rings. The van der Waals surface area contributed by atoms with Gasteiger partial charge in [-0.05, 0) is 49.6 Å². The average molecular weight is 285 g/mol. The molecule has 0 aromatic heterocycles. The van der Waals surface area contributed by atoms with Gasteiger partial charge in [0.15, 0.2) is 0 Å². The number of ether oxygens (including phenoxy) is 1. The summed E-state index contributed by atoms with van der Waals surface area (Å²) in [7, 11) is 0. The Bertz CT molecular complexity index is 609. The van der Waals surface area contributed by atoms with Crippen molar-refractivity contribution in [3.63, 3.8) is 0 Å². The minimum atomic E-state index is 0.418. The summed E-state index contributed by atoms with van der Waals surface area (Å²) in [5, 5.41) is 0. The molecule has 0 bridgehead atoms. The third kappa shape index (κ3) is 3.36. The predicted molar refractivity (Wildman–Crippen MR) is 87.3 cm³/mol. The third-order valence-corrected chi connectivity index (χ3v) is 3.48. The molecule has 0 saturated carbocycles. The zero-order valence-electron chi connectivity index (χ0n) is 12.1. The summed E-state index contributed by atoms with van der Waals surface area (Å²) in [5.41, 5.74) is 11.1. The SMILES string of the molecule is Cc1ccc(COc2c(C)cc(C(N)=S)cc2C)cc1. The summed E-state index contributed by atoms with van der Waals surface area (Å²) in [4.78, 5) is 0.418. The molecule has 0 radical (unpaired) electrons. The number of hydrogen-bond donors (Lipinski definition) is 1. The molecule has 2 N–H and O–H groups in total. The third-order valence-electron chi connectivity index (χ3n) is 3.25. The lowest BCUT2D eigenvalue weighted by Gasteiger charge is -2.14. The van der Waals surface area contributed by atoms with Crippen LogP contribution in [0, 0.1) is 20.8 Å². The highest BCUT2D eigenvalue weighted by Crippen LogP contribution is 2.25. The van der Waals surface area contributed by atoms with Crippen molar-refractivity contribution in [3.05, 3.63) is 64.2 Å². The second-order valence-corrected chi connectivity index (χ2v) is 5.52. The van der Waals surface area contributed by atoms with E-state index in [1.807, 2.05) is 26.0 Å². The molecule has 2 aromatic rings. The van der Waals surface area contributed by atoms with Gasteiger partial charge in [0.25, 0.3) is 0 Å². The lowest BCUT2D eigenvalue weighted by Crippen LogP contribution is -2.10. The van der Waals surface area contributed by atoms with E-state index in [-0.39, 0.29) is 0 Å². The van der Waals surface area contributed by atoms with E-state index >= 15 is 0 Å². The minimum Gasteiger partial charge on any atom is -0.488 e. The summed E-state index contributed by atoms with van der Waals surface area (Å²) in [6, 6.07) is 12.3. The second kappa shape index (κ2) is 6.06. The van der Waals surface area contributed by atoms with Crippen LogP contribution in [0.3, 0.4) is 0 Å². The van der Waals surface area contributed by atoms with Crippen LogP contribution >= 0.6 is 12.2 Å². The topological polar surface area (TPSA) is 35.2 Å². The predicted octanol–water partition coefficient (Wildman–Crippen LogP) is 3.83. The van der Waals surface area contributed by atoms with E-state index in [0.29, 0.717) is 11.6 Å². The van der Waals surface area contributed by atoms with Crippen LogP contribution in [0.25, 0.3) is 0 Å². The highest BCUT2D eigenvalue weighted by atomic mass is 32.1. The van der Waals surface area contributed by atoms with Crippen LogP contribution in [0.4, 0.5) is 0 Å². The van der Waals surface area contributed by atoms with Crippen molar-refractivity contribution in [1.29, 1.82) is 0 Å². The fourth-order valence-electron chi connectivity index (χ4n) is 2.16. The lowest BCUT2D eigenvalue weighted by molar-refractivity contribution is 0.302. The summed E-state index contributed by atoms with van der Waals surface area (Å²) < 4.78 is 5.94. The van der Waals surface area contributed by atoms with E-state index in [0.717, 1.165) is 28.0 Å². The number of aryl methyl sites for hydroxylation is 3. The van der Waals surface area contributed by atoms with E-state index < -0.39 is 0 Å². The second-order valence-electron chi connectivity index (χ2n) is 5.08. The molecule has 0 unspecified atom stereocenters. The van der Waals surface area contributed by atoms with Gasteiger partial charge in [0.2, 0.25) is 0 Å². The Hall–Kier alpha value is -1.87. The van der Waals surface area contributed by atoms with Crippen LogP contribution < -0.4 is 10.5 Å². The van der Waals surface area contributed by atoms with Gasteiger partial charge in [0, 0.05) is 5.56 Å². The molecule has 0 saturated heterocycles. The molecule has 0 atom stereocenters. The Balaban J connectivity index is 2.17. The first-order valence-corrected chi connectivity index (χ1v) is 6.97. The molecule has 0 aliphatic carbocycles. The van der Waals surface area contributed by atoms with Crippen molar-refractivity contribution in [3.8, 4) is 5.75 Å². The van der Waals surface area contributed by atoms with Gasteiger partial charge in [-0.3, -0.25) is 0 Å². The van der Waals surface area contributed by atoms with Crippen molar-refractivity contribution < 1.29 is 4.74 Å². The average Bonchev–Trinajstić information content (AvgIpc) is 2.39. The van der Waals surface area contributed by atoms with Gasteiger partial charge in [0.05, 0.1) is 0 Å². The van der Waals surface area contributed by atoms with Gasteiger partial charge in [-0.1, -0.05) is 42.0 Å². The maximum atomic E-state index is 5.94. The van der Waals surface area contributed by atoms with Gasteiger partial charge >= 0.3 is 0 Å². The minimum absolute atomic E-state index is 0.418. The number of thiocarbonyl (C=S) groups is 1. The summed E-state index contributed by atoms with van der Waals surface area (Å²) in [6.45, 7) is 6.67. The Labute approximate surface area is 125 Å². The van der Waals surface area contributed by atoms with Gasteiger partial charge < -0.3 is 10.5 Å². The smallest absolute Gasteiger partial charge is 0.125 e. The fourth-order valence-corrected chi connectivity index (χ4v) is 2.28. The van der Waals surface area contributed by atoms with Crippen LogP contribution in [0.5, 0.6) is 5.75 Å². The van der Waals surface area contributed by atoms with E-state index in [4.69, 9.17) is 22.7 Å². The van der Waals surface area contributed by atoms with Crippen LogP contribution in [-0.4, -0.2) is 4.99 Å². The molecule has 0 aliphatic heterocycles. The van der Waals surface area contributed by atoms with Gasteiger partial charge in [-0.25, -0.2) is 0 Å². The molecule has 20 heavy (non-hydrogen) atoms. The Kier molecular flexibility index (Phi) is 4.40. The summed E-state index contributed by atoms with van der Waals surface area (Å²) >= 11 is 5.01. The molecule has 2 nitrogen and oxygen atoms in total. The Morgan fingerprint density at radius 2 is 1.60 bits per heavy atom. The highest BCUT2D eigenvalue weighted by molar-refractivity contribution is 7.80. The zero-order valence-corrected chi connectivity index (χ0v) is 12.9. The molecule has 0 heterocycles. The van der Waals surface area contributed by atoms with Crippen molar-refractivity contribution in [1.82, 2.24) is 0 Å². The highest BCUT2D eigenvalue weighted by Gasteiger charge is 2.08. The molecule has 0 aliphatic rings. The molecule has 0 amide bonds. The van der Waals surface area contributed by atoms with Crippen LogP contribution in [-0.2, 0) is 6.61 Å². The van der Waals surface area contributed by atoms with Crippen LogP contribution in [0.15, 0.2) is 36.4 Å². The fraction of sp³-hybridized carbons (Fsp3) is 0.235. The molecule has 3 heteroatoms. The van der Waals surface area contributed by atoms with Gasteiger partial charge in [-0.15, -0.1) is 0 Å². The van der Waals surface area contributed by atoms with E-state index in [1.165, 1.54) is 5.56 Å². The number of hydrogen-bond acceptors (Lipinski definition) is 2. The quantitative estimate of drug-likeness (QED) is 0.867. The molecule has 2 rings (SSSR count). The summed E-state index contributed by atoms with van der Waals surface area (Å²) in [6.07, 6.45) is 0. The van der Waals surface area contributed by atoms with Crippen molar-refractivity contribution >= 4 is 17.2 Å². The maximum absolute atomic E-state index is 5.94. The van der Waals surface area contributed by atoms with Crippen molar-refractivity contribution in [2.45, 2.75) is 27.4 Å². The van der Waals surface area contributed by atoms with Crippen molar-refractivity contribution in [2.24, 2.45) is 5.73 Å². The Morgan fingerprint density at radius 3 is 2.10 bits per heavy atom. The normalized spacial score (nSPS) is 10.3. The monoisotopic (exact) mass is 285 g/mol. The Morgan fingerprint density at radius 1 is 1.05 bits per heavy atom. The first-order valence-electron chi connectivity index (χ1n) is 6.57. The first kappa shape index (κ1) is 14.5. The van der Waals surface area contributed by atoms with Gasteiger partial charge in [0.1, 0.15) is 17.3 Å². The maximum Gasteiger partial charge on any atom is 0.125 e. The molecule has 2 aromatic carbocycles. The van der Waals surface area contributed by atoms with E-state index in [1.54, 1.807) is 0 Å². The number of rotatable bonds is 4. The molecule has 0 spiro atoms. The summed E-state index contributed by atoms with van der Waals surface area (Å²) in [5.74, 6) is 0.908. The number of benzene rings is 2. The molecule has 104 valence electrons. The molecular weight excluding hydrogens is 266 g/mol. The van der Waals surface area contributed by atoms with E-state index in [2.05, 4.69) is 31.2 Å². The first-order chi connectivity index (χ1) is 9.47. The molecular formula is C17H19NOS. The standard InChI is InChI=1S/C17H19NOS/c1-11-4-6-14(7-5-11)10-19-16-12(2)8-15(17(18)20)9-13(16)3/h4-9H,10H2,1-3H3,(H2,18,20). The largest absolute Gasteiger partial charge is 0.488 e. The lowest BCUT2D eigenvalue weighted by atomic mass is 10.1. The van der Waals surface area contributed by atoms with Crippen LogP contribution in [0.1, 0.15) is 27.8 Å². The van der Waals surface area contributed by atoms with Crippen molar-refractivity contribution in [2.75, 3.05) is 0 Å². The zero-order chi connectivity index (χ0) is 14.7.